The summed E-state index contributed by atoms with van der Waals surface area (Å²) in [6.07, 6.45) is 9.87. The molecule has 11 heavy (non-hydrogen) atoms. The number of nitrogens with zero attached hydrogens (tertiary/aromatic N) is 1. The van der Waals surface area contributed by atoms with Gasteiger partial charge in [0.05, 0.1) is 6.07 Å². The summed E-state index contributed by atoms with van der Waals surface area (Å²) in [6, 6.07) is 1.93. The molecule has 0 aromatic rings. The van der Waals surface area contributed by atoms with E-state index in [1.807, 2.05) is 24.3 Å². The molecule has 0 aliphatic heterocycles. The van der Waals surface area contributed by atoms with Gasteiger partial charge in [0.1, 0.15) is 0 Å². The Morgan fingerprint density at radius 3 is 3.09 bits per heavy atom. The summed E-state index contributed by atoms with van der Waals surface area (Å²) in [7, 11) is 0. The van der Waals surface area contributed by atoms with Gasteiger partial charge in [-0.1, -0.05) is 30.4 Å². The van der Waals surface area contributed by atoms with Gasteiger partial charge in [0.2, 0.25) is 0 Å². The molecule has 0 saturated heterocycles. The molecule has 0 spiro atoms. The van der Waals surface area contributed by atoms with Crippen LogP contribution in [0.2, 0.25) is 0 Å². The van der Waals surface area contributed by atoms with Gasteiger partial charge < -0.3 is 0 Å². The summed E-state index contributed by atoms with van der Waals surface area (Å²) in [6.45, 7) is 0. The minimum Gasteiger partial charge on any atom is -0.193 e. The van der Waals surface area contributed by atoms with Crippen molar-refractivity contribution in [2.24, 2.45) is 0 Å². The van der Waals surface area contributed by atoms with Crippen LogP contribution in [0.15, 0.2) is 36.0 Å². The van der Waals surface area contributed by atoms with E-state index in [2.05, 4.69) is 0 Å². The number of rotatable bonds is 1. The minimum atomic E-state index is 0.816. The Morgan fingerprint density at radius 2 is 2.45 bits per heavy atom. The lowest BCUT2D eigenvalue weighted by Crippen LogP contribution is -1.97. The molecule has 0 fully saturated rings. The predicted octanol–water partition coefficient (Wildman–Crippen LogP) is 2.32. The average Bonchev–Trinajstić information content (AvgIpc) is 2.03. The monoisotopic (exact) mass is 161 g/mol. The van der Waals surface area contributed by atoms with Gasteiger partial charge in [-0.2, -0.15) is 5.26 Å². The number of thiocarbonyl (C=S) groups is 1. The fourth-order valence-electron chi connectivity index (χ4n) is 0.833. The topological polar surface area (TPSA) is 23.8 Å². The van der Waals surface area contributed by atoms with Crippen molar-refractivity contribution in [2.75, 3.05) is 0 Å². The summed E-state index contributed by atoms with van der Waals surface area (Å²) in [5, 5.41) is 8.26. The van der Waals surface area contributed by atoms with Crippen LogP contribution < -0.4 is 0 Å². The number of nitriles is 1. The molecule has 0 aromatic carbocycles. The smallest absolute Gasteiger partial charge is 0.0912 e. The quantitative estimate of drug-likeness (QED) is 0.435. The third-order valence-electron chi connectivity index (χ3n) is 1.37. The molecule has 1 nitrogen and oxygen atoms in total. The molecular weight excluding hydrogens is 154 g/mol. The first-order chi connectivity index (χ1) is 5.34. The lowest BCUT2D eigenvalue weighted by atomic mass is 10.0. The van der Waals surface area contributed by atoms with Crippen molar-refractivity contribution in [2.45, 2.75) is 6.42 Å². The highest BCUT2D eigenvalue weighted by Crippen LogP contribution is 2.10. The second-order valence-electron chi connectivity index (χ2n) is 2.14. The first-order valence-electron chi connectivity index (χ1n) is 3.31. The van der Waals surface area contributed by atoms with Gasteiger partial charge in [-0.05, 0) is 11.6 Å². The molecule has 1 rings (SSSR count). The standard InChI is InChI=1S/C9H7NS/c10-7-3-5-8-4-1-2-6-9(8)11/h1-5H,6H2. The number of allylic oxidation sites excluding steroid dienone is 6. The molecule has 0 radical (unpaired) electrons. The van der Waals surface area contributed by atoms with Gasteiger partial charge in [0.25, 0.3) is 0 Å². The molecule has 0 heterocycles. The lowest BCUT2D eigenvalue weighted by Gasteiger charge is -2.03. The first kappa shape index (κ1) is 7.90. The third kappa shape index (κ3) is 2.14. The van der Waals surface area contributed by atoms with Crippen LogP contribution in [0, 0.1) is 11.3 Å². The van der Waals surface area contributed by atoms with Gasteiger partial charge in [0.15, 0.2) is 0 Å². The van der Waals surface area contributed by atoms with E-state index in [1.54, 1.807) is 6.08 Å². The van der Waals surface area contributed by atoms with E-state index in [0.29, 0.717) is 0 Å². The highest BCUT2D eigenvalue weighted by atomic mass is 32.1. The third-order valence-corrected chi connectivity index (χ3v) is 1.78. The SMILES string of the molecule is N#CC=CC1=CC=CCC1=S. The van der Waals surface area contributed by atoms with Crippen molar-refractivity contribution >= 4 is 17.1 Å². The van der Waals surface area contributed by atoms with E-state index in [-0.39, 0.29) is 0 Å². The summed E-state index contributed by atoms with van der Waals surface area (Å²) >= 11 is 5.06. The molecule has 0 unspecified atom stereocenters. The summed E-state index contributed by atoms with van der Waals surface area (Å²) in [4.78, 5) is 0.902. The van der Waals surface area contributed by atoms with Gasteiger partial charge in [0, 0.05) is 17.4 Å². The van der Waals surface area contributed by atoms with Crippen molar-refractivity contribution in [1.29, 1.82) is 5.26 Å². The van der Waals surface area contributed by atoms with Crippen LogP contribution in [-0.2, 0) is 0 Å². The van der Waals surface area contributed by atoms with Crippen molar-refractivity contribution < 1.29 is 0 Å². The zero-order valence-corrected chi connectivity index (χ0v) is 6.77. The Kier molecular flexibility index (Phi) is 2.76. The maximum absolute atomic E-state index is 8.26. The Hall–Kier alpha value is -1.20. The molecule has 0 saturated carbocycles. The molecule has 0 bridgehead atoms. The maximum atomic E-state index is 8.26. The zero-order chi connectivity index (χ0) is 8.10. The van der Waals surface area contributed by atoms with Crippen molar-refractivity contribution in [3.63, 3.8) is 0 Å². The highest BCUT2D eigenvalue weighted by molar-refractivity contribution is 7.80. The summed E-state index contributed by atoms with van der Waals surface area (Å²) in [5.41, 5.74) is 0.976. The predicted molar refractivity (Wildman–Crippen MR) is 49.2 cm³/mol. The highest BCUT2D eigenvalue weighted by Gasteiger charge is 2.01. The Bertz CT molecular complexity index is 289. The zero-order valence-electron chi connectivity index (χ0n) is 5.95. The second kappa shape index (κ2) is 3.85. The minimum absolute atomic E-state index is 0.816. The van der Waals surface area contributed by atoms with Gasteiger partial charge in [-0.3, -0.25) is 0 Å². The van der Waals surface area contributed by atoms with E-state index >= 15 is 0 Å². The van der Waals surface area contributed by atoms with Crippen LogP contribution >= 0.6 is 12.2 Å². The molecule has 54 valence electrons. The van der Waals surface area contributed by atoms with Crippen molar-refractivity contribution in [3.8, 4) is 6.07 Å². The van der Waals surface area contributed by atoms with Crippen LogP contribution in [-0.4, -0.2) is 4.86 Å². The fourth-order valence-corrected chi connectivity index (χ4v) is 1.07. The summed E-state index contributed by atoms with van der Waals surface area (Å²) in [5.74, 6) is 0. The van der Waals surface area contributed by atoms with Gasteiger partial charge >= 0.3 is 0 Å². The summed E-state index contributed by atoms with van der Waals surface area (Å²) < 4.78 is 0. The Morgan fingerprint density at radius 1 is 1.64 bits per heavy atom. The Labute approximate surface area is 71.3 Å². The van der Waals surface area contributed by atoms with Crippen molar-refractivity contribution in [1.82, 2.24) is 0 Å². The van der Waals surface area contributed by atoms with Gasteiger partial charge in [-0.25, -0.2) is 0 Å². The maximum Gasteiger partial charge on any atom is 0.0912 e. The molecule has 2 heteroatoms. The number of hydrogen-bond donors (Lipinski definition) is 0. The van der Waals surface area contributed by atoms with E-state index in [1.165, 1.54) is 6.08 Å². The molecule has 0 amide bonds. The van der Waals surface area contributed by atoms with Crippen LogP contribution in [0.25, 0.3) is 0 Å². The van der Waals surface area contributed by atoms with Crippen LogP contribution in [0.1, 0.15) is 6.42 Å². The van der Waals surface area contributed by atoms with E-state index in [9.17, 15) is 0 Å². The van der Waals surface area contributed by atoms with Crippen LogP contribution in [0.5, 0.6) is 0 Å². The van der Waals surface area contributed by atoms with Crippen LogP contribution in [0.4, 0.5) is 0 Å². The van der Waals surface area contributed by atoms with Gasteiger partial charge in [-0.15, -0.1) is 0 Å². The van der Waals surface area contributed by atoms with Crippen molar-refractivity contribution in [3.05, 3.63) is 36.0 Å². The molecule has 0 aromatic heterocycles. The number of hydrogen-bond acceptors (Lipinski definition) is 2. The molecular formula is C9H7NS. The molecule has 1 aliphatic rings. The van der Waals surface area contributed by atoms with E-state index in [4.69, 9.17) is 17.5 Å². The lowest BCUT2D eigenvalue weighted by molar-refractivity contribution is 1.46. The van der Waals surface area contributed by atoms with E-state index < -0.39 is 0 Å². The molecule has 0 atom stereocenters. The Balaban J connectivity index is 2.78. The first-order valence-corrected chi connectivity index (χ1v) is 3.71. The largest absolute Gasteiger partial charge is 0.193 e. The molecule has 1 aliphatic carbocycles. The average molecular weight is 161 g/mol. The molecule has 0 N–H and O–H groups in total. The normalized spacial score (nSPS) is 16.6. The van der Waals surface area contributed by atoms with E-state index in [0.717, 1.165) is 16.9 Å². The van der Waals surface area contributed by atoms with Crippen LogP contribution in [0.3, 0.4) is 0 Å². The fraction of sp³-hybridized carbons (Fsp3) is 0.111. The second-order valence-corrected chi connectivity index (χ2v) is 2.63.